The minimum absolute atomic E-state index is 0.0952. The molecule has 0 aliphatic carbocycles. The van der Waals surface area contributed by atoms with Crippen LogP contribution in [-0.2, 0) is 10.0 Å². The fraction of sp³-hybridized carbons (Fsp3) is 0.182. The molecule has 0 fully saturated rings. The van der Waals surface area contributed by atoms with E-state index in [1.807, 2.05) is 18.2 Å². The molecule has 2 rings (SSSR count). The van der Waals surface area contributed by atoms with E-state index >= 15 is 0 Å². The minimum atomic E-state index is -3.57. The van der Waals surface area contributed by atoms with Gasteiger partial charge in [-0.05, 0) is 12.1 Å². The van der Waals surface area contributed by atoms with E-state index in [1.165, 1.54) is 12.4 Å². The van der Waals surface area contributed by atoms with Gasteiger partial charge in [0.25, 0.3) is 10.0 Å². The first kappa shape index (κ1) is 12.6. The van der Waals surface area contributed by atoms with Gasteiger partial charge in [-0.3, -0.25) is 0 Å². The van der Waals surface area contributed by atoms with E-state index in [2.05, 4.69) is 14.7 Å². The zero-order valence-electron chi connectivity index (χ0n) is 9.54. The smallest absolute Gasteiger partial charge is 0.274 e. The number of nitrogens with zero attached hydrogens (tertiary/aromatic N) is 1. The summed E-state index contributed by atoms with van der Waals surface area (Å²) in [5, 5.41) is -0.0952. The second kappa shape index (κ2) is 5.65. The number of imidazole rings is 1. The normalized spacial score (nSPS) is 11.3. The van der Waals surface area contributed by atoms with Crippen molar-refractivity contribution >= 4 is 10.0 Å². The number of rotatable bonds is 6. The molecule has 0 spiro atoms. The second-order valence-electron chi connectivity index (χ2n) is 3.45. The van der Waals surface area contributed by atoms with Gasteiger partial charge in [0.15, 0.2) is 0 Å². The molecule has 0 atom stereocenters. The molecule has 1 heterocycles. The van der Waals surface area contributed by atoms with Gasteiger partial charge in [-0.2, -0.15) is 0 Å². The van der Waals surface area contributed by atoms with Gasteiger partial charge >= 0.3 is 0 Å². The molecule has 0 amide bonds. The molecular formula is C11H13N3O3S. The molecule has 0 unspecified atom stereocenters. The number of H-pyrrole nitrogens is 1. The summed E-state index contributed by atoms with van der Waals surface area (Å²) < 4.78 is 31.0. The number of nitrogens with one attached hydrogen (secondary N) is 2. The highest BCUT2D eigenvalue weighted by Gasteiger charge is 2.15. The van der Waals surface area contributed by atoms with E-state index in [0.717, 1.165) is 0 Å². The summed E-state index contributed by atoms with van der Waals surface area (Å²) in [6, 6.07) is 9.19. The predicted octanol–water partition coefficient (Wildman–Crippen LogP) is 0.767. The molecule has 1 aromatic heterocycles. The number of hydrogen-bond acceptors (Lipinski definition) is 4. The standard InChI is InChI=1S/C11H13N3O3S/c15-18(16,11-12-6-7-13-11)14-8-9-17-10-4-2-1-3-5-10/h1-7,14H,8-9H2,(H,12,13). The Bertz CT molecular complexity index is 567. The molecule has 18 heavy (non-hydrogen) atoms. The average Bonchev–Trinajstić information content (AvgIpc) is 2.91. The first-order chi connectivity index (χ1) is 8.68. The lowest BCUT2D eigenvalue weighted by molar-refractivity contribution is 0.322. The van der Waals surface area contributed by atoms with Gasteiger partial charge in [-0.25, -0.2) is 18.1 Å². The lowest BCUT2D eigenvalue weighted by Gasteiger charge is -2.06. The Morgan fingerprint density at radius 1 is 1.28 bits per heavy atom. The molecule has 6 nitrogen and oxygen atoms in total. The highest BCUT2D eigenvalue weighted by atomic mass is 32.2. The molecule has 2 N–H and O–H groups in total. The van der Waals surface area contributed by atoms with Gasteiger partial charge in [0.2, 0.25) is 5.16 Å². The van der Waals surface area contributed by atoms with Crippen molar-refractivity contribution in [3.05, 3.63) is 42.7 Å². The van der Waals surface area contributed by atoms with Crippen LogP contribution in [0, 0.1) is 0 Å². The minimum Gasteiger partial charge on any atom is -0.492 e. The van der Waals surface area contributed by atoms with Crippen molar-refractivity contribution in [3.8, 4) is 5.75 Å². The predicted molar refractivity (Wildman–Crippen MR) is 65.7 cm³/mol. The zero-order chi connectivity index (χ0) is 12.8. The molecule has 0 radical (unpaired) electrons. The number of sulfonamides is 1. The van der Waals surface area contributed by atoms with Crippen LogP contribution in [-0.4, -0.2) is 31.5 Å². The van der Waals surface area contributed by atoms with E-state index in [4.69, 9.17) is 4.74 Å². The summed E-state index contributed by atoms with van der Waals surface area (Å²) in [5.74, 6) is 0.703. The fourth-order valence-electron chi connectivity index (χ4n) is 1.33. The molecule has 7 heteroatoms. The summed E-state index contributed by atoms with van der Waals surface area (Å²) >= 11 is 0. The Hall–Kier alpha value is -1.86. The maximum atomic E-state index is 11.6. The summed E-state index contributed by atoms with van der Waals surface area (Å²) in [7, 11) is -3.57. The highest BCUT2D eigenvalue weighted by Crippen LogP contribution is 2.07. The molecule has 0 saturated heterocycles. The molecular weight excluding hydrogens is 254 g/mol. The van der Waals surface area contributed by atoms with Gasteiger partial charge in [-0.15, -0.1) is 0 Å². The van der Waals surface area contributed by atoms with Crippen LogP contribution < -0.4 is 9.46 Å². The van der Waals surface area contributed by atoms with Gasteiger partial charge < -0.3 is 9.72 Å². The van der Waals surface area contributed by atoms with E-state index in [-0.39, 0.29) is 18.3 Å². The van der Waals surface area contributed by atoms with Gasteiger partial charge in [0, 0.05) is 18.9 Å². The maximum absolute atomic E-state index is 11.6. The lowest BCUT2D eigenvalue weighted by Crippen LogP contribution is -2.29. The summed E-state index contributed by atoms with van der Waals surface area (Å²) in [6.45, 7) is 0.432. The van der Waals surface area contributed by atoms with Crippen LogP contribution in [0.1, 0.15) is 0 Å². The van der Waals surface area contributed by atoms with Crippen LogP contribution >= 0.6 is 0 Å². The van der Waals surface area contributed by atoms with Gasteiger partial charge in [-0.1, -0.05) is 18.2 Å². The summed E-state index contributed by atoms with van der Waals surface area (Å²) in [6.07, 6.45) is 2.84. The number of ether oxygens (including phenoxy) is 1. The number of hydrogen-bond donors (Lipinski definition) is 2. The van der Waals surface area contributed by atoms with Crippen molar-refractivity contribution in [2.24, 2.45) is 0 Å². The van der Waals surface area contributed by atoms with E-state index < -0.39 is 10.0 Å². The van der Waals surface area contributed by atoms with Crippen molar-refractivity contribution < 1.29 is 13.2 Å². The van der Waals surface area contributed by atoms with Crippen LogP contribution in [0.5, 0.6) is 5.75 Å². The Balaban J connectivity index is 1.79. The number of benzene rings is 1. The maximum Gasteiger partial charge on any atom is 0.274 e. The topological polar surface area (TPSA) is 84.1 Å². The van der Waals surface area contributed by atoms with Crippen LogP contribution in [0.25, 0.3) is 0 Å². The molecule has 1 aromatic carbocycles. The third kappa shape index (κ3) is 3.31. The Labute approximate surface area is 105 Å². The van der Waals surface area contributed by atoms with E-state index in [9.17, 15) is 8.42 Å². The van der Waals surface area contributed by atoms with Crippen LogP contribution in [0.2, 0.25) is 0 Å². The SMILES string of the molecule is O=S(=O)(NCCOc1ccccc1)c1ncc[nH]1. The van der Waals surface area contributed by atoms with E-state index in [0.29, 0.717) is 5.75 Å². The van der Waals surface area contributed by atoms with Gasteiger partial charge in [0.1, 0.15) is 12.4 Å². The number of para-hydroxylation sites is 1. The average molecular weight is 267 g/mol. The largest absolute Gasteiger partial charge is 0.492 e. The van der Waals surface area contributed by atoms with Gasteiger partial charge in [0.05, 0.1) is 0 Å². The molecule has 2 aromatic rings. The van der Waals surface area contributed by atoms with Crippen molar-refractivity contribution in [1.82, 2.24) is 14.7 Å². The van der Waals surface area contributed by atoms with E-state index in [1.54, 1.807) is 12.1 Å². The van der Waals surface area contributed by atoms with Crippen LogP contribution in [0.3, 0.4) is 0 Å². The number of aromatic nitrogens is 2. The molecule has 96 valence electrons. The summed E-state index contributed by atoms with van der Waals surface area (Å²) in [5.41, 5.74) is 0. The molecule has 0 saturated carbocycles. The molecule has 0 aliphatic rings. The van der Waals surface area contributed by atoms with Crippen molar-refractivity contribution in [2.75, 3.05) is 13.2 Å². The van der Waals surface area contributed by atoms with Crippen molar-refractivity contribution in [2.45, 2.75) is 5.16 Å². The molecule has 0 bridgehead atoms. The first-order valence-electron chi connectivity index (χ1n) is 5.35. The zero-order valence-corrected chi connectivity index (χ0v) is 10.4. The third-order valence-electron chi connectivity index (χ3n) is 2.13. The lowest BCUT2D eigenvalue weighted by atomic mass is 10.3. The Morgan fingerprint density at radius 2 is 2.06 bits per heavy atom. The van der Waals surface area contributed by atoms with Crippen molar-refractivity contribution in [3.63, 3.8) is 0 Å². The number of aromatic amines is 1. The second-order valence-corrected chi connectivity index (χ2v) is 5.14. The fourth-order valence-corrected chi connectivity index (χ4v) is 2.24. The Kier molecular flexibility index (Phi) is 3.96. The van der Waals surface area contributed by atoms with Crippen molar-refractivity contribution in [1.29, 1.82) is 0 Å². The highest BCUT2D eigenvalue weighted by molar-refractivity contribution is 7.89. The Morgan fingerprint density at radius 3 is 2.72 bits per heavy atom. The van der Waals surface area contributed by atoms with Crippen LogP contribution in [0.15, 0.2) is 47.9 Å². The van der Waals surface area contributed by atoms with Crippen LogP contribution in [0.4, 0.5) is 0 Å². The molecule has 0 aliphatic heterocycles. The first-order valence-corrected chi connectivity index (χ1v) is 6.84. The monoisotopic (exact) mass is 267 g/mol. The summed E-state index contributed by atoms with van der Waals surface area (Å²) in [4.78, 5) is 6.21. The quantitative estimate of drug-likeness (QED) is 0.757. The third-order valence-corrected chi connectivity index (χ3v) is 3.45.